The Morgan fingerprint density at radius 3 is 2.75 bits per heavy atom. The Balaban J connectivity index is 1.63. The van der Waals surface area contributed by atoms with E-state index >= 15 is 0 Å². The summed E-state index contributed by atoms with van der Waals surface area (Å²) in [7, 11) is 3.34. The SMILES string of the molecule is COc1ccc(-c2noc(CN(C)C(=O)Cc3cccs3)n2)cc1. The summed E-state index contributed by atoms with van der Waals surface area (Å²) < 4.78 is 10.4. The average Bonchev–Trinajstić information content (AvgIpc) is 3.27. The van der Waals surface area contributed by atoms with E-state index in [-0.39, 0.29) is 12.5 Å². The lowest BCUT2D eigenvalue weighted by Crippen LogP contribution is -2.27. The molecule has 0 bridgehead atoms. The molecule has 0 radical (unpaired) electrons. The predicted octanol–water partition coefficient (Wildman–Crippen LogP) is 3.01. The fourth-order valence-corrected chi connectivity index (χ4v) is 2.86. The number of aromatic nitrogens is 2. The second-order valence-corrected chi connectivity index (χ2v) is 6.28. The molecule has 24 heavy (non-hydrogen) atoms. The molecule has 2 heterocycles. The number of likely N-dealkylation sites (N-methyl/N-ethyl adjacent to an activating group) is 1. The highest BCUT2D eigenvalue weighted by Gasteiger charge is 2.15. The van der Waals surface area contributed by atoms with Crippen molar-refractivity contribution in [1.82, 2.24) is 15.0 Å². The minimum Gasteiger partial charge on any atom is -0.497 e. The number of thiophene rings is 1. The summed E-state index contributed by atoms with van der Waals surface area (Å²) in [5.74, 6) is 1.68. The number of benzene rings is 1. The van der Waals surface area contributed by atoms with Crippen molar-refractivity contribution in [3.05, 3.63) is 52.5 Å². The third-order valence-electron chi connectivity index (χ3n) is 3.52. The van der Waals surface area contributed by atoms with Gasteiger partial charge in [0.25, 0.3) is 0 Å². The number of carbonyl (C=O) groups excluding carboxylic acids is 1. The topological polar surface area (TPSA) is 68.5 Å². The molecule has 6 nitrogen and oxygen atoms in total. The van der Waals surface area contributed by atoms with Gasteiger partial charge < -0.3 is 14.2 Å². The normalized spacial score (nSPS) is 10.6. The molecule has 0 aliphatic rings. The zero-order chi connectivity index (χ0) is 16.9. The molecule has 2 aromatic heterocycles. The molecule has 0 spiro atoms. The third-order valence-corrected chi connectivity index (χ3v) is 4.40. The van der Waals surface area contributed by atoms with E-state index in [1.54, 1.807) is 30.4 Å². The van der Waals surface area contributed by atoms with E-state index < -0.39 is 0 Å². The summed E-state index contributed by atoms with van der Waals surface area (Å²) in [5, 5.41) is 5.93. The van der Waals surface area contributed by atoms with Crippen molar-refractivity contribution in [3.63, 3.8) is 0 Å². The lowest BCUT2D eigenvalue weighted by Gasteiger charge is -2.13. The van der Waals surface area contributed by atoms with E-state index in [9.17, 15) is 4.79 Å². The van der Waals surface area contributed by atoms with Gasteiger partial charge in [0.2, 0.25) is 17.6 Å². The number of hydrogen-bond donors (Lipinski definition) is 0. The summed E-state index contributed by atoms with van der Waals surface area (Å²) >= 11 is 1.57. The molecule has 1 aromatic carbocycles. The second-order valence-electron chi connectivity index (χ2n) is 5.25. The highest BCUT2D eigenvalue weighted by molar-refractivity contribution is 7.10. The molecule has 0 unspecified atom stereocenters. The summed E-state index contributed by atoms with van der Waals surface area (Å²) in [6.07, 6.45) is 0.383. The van der Waals surface area contributed by atoms with Crippen LogP contribution in [-0.2, 0) is 17.8 Å². The largest absolute Gasteiger partial charge is 0.497 e. The Kier molecular flexibility index (Phi) is 4.90. The predicted molar refractivity (Wildman–Crippen MR) is 90.8 cm³/mol. The van der Waals surface area contributed by atoms with Gasteiger partial charge in [0, 0.05) is 17.5 Å². The van der Waals surface area contributed by atoms with Crippen molar-refractivity contribution < 1.29 is 14.1 Å². The number of carbonyl (C=O) groups is 1. The Labute approximate surface area is 143 Å². The van der Waals surface area contributed by atoms with Gasteiger partial charge >= 0.3 is 0 Å². The molecule has 0 aliphatic heterocycles. The molecule has 0 N–H and O–H groups in total. The summed E-state index contributed by atoms with van der Waals surface area (Å²) in [6, 6.07) is 11.3. The van der Waals surface area contributed by atoms with Crippen LogP contribution in [0.15, 0.2) is 46.3 Å². The Bertz CT molecular complexity index is 797. The van der Waals surface area contributed by atoms with Crippen LogP contribution in [0.1, 0.15) is 10.8 Å². The molecule has 124 valence electrons. The van der Waals surface area contributed by atoms with E-state index in [1.165, 1.54) is 0 Å². The van der Waals surface area contributed by atoms with Gasteiger partial charge in [-0.05, 0) is 35.7 Å². The fourth-order valence-electron chi connectivity index (χ4n) is 2.16. The molecule has 0 saturated heterocycles. The molecule has 0 atom stereocenters. The van der Waals surface area contributed by atoms with Gasteiger partial charge in [0.15, 0.2) is 0 Å². The molecular weight excluding hydrogens is 326 g/mol. The van der Waals surface area contributed by atoms with Gasteiger partial charge in [-0.25, -0.2) is 0 Å². The molecule has 3 aromatic rings. The number of ether oxygens (including phenoxy) is 1. The quantitative estimate of drug-likeness (QED) is 0.688. The highest BCUT2D eigenvalue weighted by Crippen LogP contribution is 2.20. The van der Waals surface area contributed by atoms with Crippen LogP contribution in [0.4, 0.5) is 0 Å². The van der Waals surface area contributed by atoms with Crippen molar-refractivity contribution in [2.24, 2.45) is 0 Å². The summed E-state index contributed by atoms with van der Waals surface area (Å²) in [4.78, 5) is 19.2. The standard InChI is InChI=1S/C17H17N3O3S/c1-20(16(21)10-14-4-3-9-24-14)11-15-18-17(19-23-15)12-5-7-13(22-2)8-6-12/h3-9H,10-11H2,1-2H3. The van der Waals surface area contributed by atoms with Crippen LogP contribution in [0.2, 0.25) is 0 Å². The van der Waals surface area contributed by atoms with Crippen LogP contribution in [-0.4, -0.2) is 35.1 Å². The van der Waals surface area contributed by atoms with Crippen LogP contribution in [0, 0.1) is 0 Å². The van der Waals surface area contributed by atoms with E-state index in [0.29, 0.717) is 18.1 Å². The number of nitrogens with zero attached hydrogens (tertiary/aromatic N) is 3. The molecule has 0 saturated carbocycles. The monoisotopic (exact) mass is 343 g/mol. The van der Waals surface area contributed by atoms with Gasteiger partial charge in [-0.15, -0.1) is 11.3 Å². The Morgan fingerprint density at radius 1 is 1.29 bits per heavy atom. The first kappa shape index (κ1) is 16.2. The molecule has 7 heteroatoms. The number of rotatable bonds is 6. The van der Waals surface area contributed by atoms with Gasteiger partial charge in [-0.2, -0.15) is 4.98 Å². The van der Waals surface area contributed by atoms with Crippen LogP contribution in [0.5, 0.6) is 5.75 Å². The van der Waals surface area contributed by atoms with Gasteiger partial charge in [0.1, 0.15) is 5.75 Å². The third kappa shape index (κ3) is 3.80. The van der Waals surface area contributed by atoms with Crippen LogP contribution in [0.3, 0.4) is 0 Å². The zero-order valence-electron chi connectivity index (χ0n) is 13.4. The summed E-state index contributed by atoms with van der Waals surface area (Å²) in [5.41, 5.74) is 0.832. The van der Waals surface area contributed by atoms with Crippen molar-refractivity contribution >= 4 is 17.2 Å². The summed E-state index contributed by atoms with van der Waals surface area (Å²) in [6.45, 7) is 0.285. The lowest BCUT2D eigenvalue weighted by atomic mass is 10.2. The molecule has 0 aliphatic carbocycles. The van der Waals surface area contributed by atoms with E-state index in [1.807, 2.05) is 41.8 Å². The van der Waals surface area contributed by atoms with E-state index in [0.717, 1.165) is 16.2 Å². The Morgan fingerprint density at radius 2 is 2.08 bits per heavy atom. The number of amides is 1. The molecule has 0 fully saturated rings. The average molecular weight is 343 g/mol. The smallest absolute Gasteiger partial charge is 0.246 e. The van der Waals surface area contributed by atoms with Crippen LogP contribution >= 0.6 is 11.3 Å². The minimum absolute atomic E-state index is 0.0154. The van der Waals surface area contributed by atoms with E-state index in [4.69, 9.17) is 9.26 Å². The van der Waals surface area contributed by atoms with Crippen molar-refractivity contribution in [1.29, 1.82) is 0 Å². The zero-order valence-corrected chi connectivity index (χ0v) is 14.2. The molecular formula is C17H17N3O3S. The highest BCUT2D eigenvalue weighted by atomic mass is 32.1. The van der Waals surface area contributed by atoms with Crippen LogP contribution in [0.25, 0.3) is 11.4 Å². The van der Waals surface area contributed by atoms with Crippen molar-refractivity contribution in [2.75, 3.05) is 14.2 Å². The Hall–Kier alpha value is -2.67. The maximum absolute atomic E-state index is 12.2. The molecule has 3 rings (SSSR count). The maximum Gasteiger partial charge on any atom is 0.246 e. The molecule has 1 amide bonds. The lowest BCUT2D eigenvalue weighted by molar-refractivity contribution is -0.129. The number of methoxy groups -OCH3 is 1. The van der Waals surface area contributed by atoms with Crippen LogP contribution < -0.4 is 4.74 Å². The van der Waals surface area contributed by atoms with Gasteiger partial charge in [0.05, 0.1) is 20.1 Å². The first-order valence-electron chi connectivity index (χ1n) is 7.39. The first-order chi connectivity index (χ1) is 11.7. The first-order valence-corrected chi connectivity index (χ1v) is 8.27. The van der Waals surface area contributed by atoms with Crippen molar-refractivity contribution in [2.45, 2.75) is 13.0 Å². The van der Waals surface area contributed by atoms with Gasteiger partial charge in [-0.3, -0.25) is 4.79 Å². The van der Waals surface area contributed by atoms with Gasteiger partial charge in [-0.1, -0.05) is 11.2 Å². The van der Waals surface area contributed by atoms with Crippen molar-refractivity contribution in [3.8, 4) is 17.1 Å². The maximum atomic E-state index is 12.2. The fraction of sp³-hybridized carbons (Fsp3) is 0.235. The minimum atomic E-state index is 0.0154. The van der Waals surface area contributed by atoms with E-state index in [2.05, 4.69) is 10.1 Å². The second kappa shape index (κ2) is 7.27. The number of hydrogen-bond acceptors (Lipinski definition) is 6.